The summed E-state index contributed by atoms with van der Waals surface area (Å²) >= 11 is 6.19. The molecule has 1 aromatic carbocycles. The number of rotatable bonds is 2. The van der Waals surface area contributed by atoms with Crippen LogP contribution in [0.4, 0.5) is 0 Å². The van der Waals surface area contributed by atoms with Gasteiger partial charge in [0.05, 0.1) is 17.8 Å². The molecular formula is C14H14ClN3O. The van der Waals surface area contributed by atoms with Gasteiger partial charge in [0.2, 0.25) is 0 Å². The third-order valence-corrected chi connectivity index (χ3v) is 4.05. The van der Waals surface area contributed by atoms with Crippen LogP contribution in [-0.4, -0.2) is 35.2 Å². The van der Waals surface area contributed by atoms with Crippen LogP contribution in [0.5, 0.6) is 0 Å². The lowest BCUT2D eigenvalue weighted by Gasteiger charge is -2.26. The summed E-state index contributed by atoms with van der Waals surface area (Å²) in [6.07, 6.45) is 2.87. The zero-order chi connectivity index (χ0) is 13.6. The number of hydrogen-bond acceptors (Lipinski definition) is 3. The van der Waals surface area contributed by atoms with Crippen molar-refractivity contribution in [1.29, 1.82) is 0 Å². The third kappa shape index (κ3) is 1.60. The molecule has 19 heavy (non-hydrogen) atoms. The average Bonchev–Trinajstić information content (AvgIpc) is 2.92. The van der Waals surface area contributed by atoms with Crippen LogP contribution >= 0.6 is 11.6 Å². The quantitative estimate of drug-likeness (QED) is 0.790. The molecule has 5 heteroatoms. The molecule has 3 rings (SSSR count). The summed E-state index contributed by atoms with van der Waals surface area (Å²) in [4.78, 5) is 11.8. The number of nitrogens with zero attached hydrogens (tertiary/aromatic N) is 3. The first-order chi connectivity index (χ1) is 9.08. The lowest BCUT2D eigenvalue weighted by Crippen LogP contribution is -2.44. The van der Waals surface area contributed by atoms with Gasteiger partial charge in [-0.2, -0.15) is 5.10 Å². The fourth-order valence-electron chi connectivity index (χ4n) is 2.75. The Labute approximate surface area is 116 Å². The van der Waals surface area contributed by atoms with Crippen molar-refractivity contribution in [2.45, 2.75) is 12.5 Å². The van der Waals surface area contributed by atoms with Gasteiger partial charge in [-0.1, -0.05) is 17.7 Å². The van der Waals surface area contributed by atoms with Crippen molar-refractivity contribution in [3.63, 3.8) is 0 Å². The summed E-state index contributed by atoms with van der Waals surface area (Å²) in [7, 11) is 1.87. The summed E-state index contributed by atoms with van der Waals surface area (Å²) in [5, 5.41) is 7.80. The number of hydrogen-bond donors (Lipinski definition) is 0. The number of fused-ring (bicyclic) bond motifs is 1. The van der Waals surface area contributed by atoms with Gasteiger partial charge in [-0.3, -0.25) is 5.01 Å². The first kappa shape index (κ1) is 12.2. The Morgan fingerprint density at radius 3 is 2.84 bits per heavy atom. The predicted molar refractivity (Wildman–Crippen MR) is 76.7 cm³/mol. The number of carbonyl (C=O) groups excluding carboxylic acids is 1. The van der Waals surface area contributed by atoms with E-state index < -0.39 is 5.54 Å². The van der Waals surface area contributed by atoms with Gasteiger partial charge in [0, 0.05) is 23.7 Å². The molecule has 0 saturated carbocycles. The minimum absolute atomic E-state index is 0.540. The molecule has 1 atom stereocenters. The average molecular weight is 276 g/mol. The third-order valence-electron chi connectivity index (χ3n) is 3.72. The van der Waals surface area contributed by atoms with E-state index in [1.807, 2.05) is 49.0 Å². The van der Waals surface area contributed by atoms with Crippen LogP contribution in [-0.2, 0) is 10.3 Å². The SMILES string of the molecule is CC1=NN(C)CC1(C=O)n1ccc2c(Cl)cccc21. The lowest BCUT2D eigenvalue weighted by atomic mass is 9.96. The van der Waals surface area contributed by atoms with Gasteiger partial charge in [0.15, 0.2) is 11.8 Å². The minimum atomic E-state index is -0.735. The van der Waals surface area contributed by atoms with E-state index in [0.29, 0.717) is 11.6 Å². The second-order valence-corrected chi connectivity index (χ2v) is 5.31. The highest BCUT2D eigenvalue weighted by Gasteiger charge is 2.41. The number of carbonyl (C=O) groups is 1. The van der Waals surface area contributed by atoms with Crippen LogP contribution in [0, 0.1) is 0 Å². The number of halogens is 1. The standard InChI is InChI=1S/C14H14ClN3O/c1-10-14(9-19,8-17(2)16-10)18-7-6-11-12(15)4-3-5-13(11)18/h3-7,9H,8H2,1-2H3. The molecule has 2 heterocycles. The molecule has 1 unspecified atom stereocenters. The molecule has 1 aliphatic heterocycles. The number of hydrazone groups is 1. The van der Waals surface area contributed by atoms with Gasteiger partial charge in [-0.25, -0.2) is 0 Å². The highest BCUT2D eigenvalue weighted by Crippen LogP contribution is 2.31. The molecular weight excluding hydrogens is 262 g/mol. The maximum atomic E-state index is 11.8. The van der Waals surface area contributed by atoms with Crippen LogP contribution in [0.15, 0.2) is 35.6 Å². The van der Waals surface area contributed by atoms with E-state index in [1.54, 1.807) is 5.01 Å². The van der Waals surface area contributed by atoms with Crippen molar-refractivity contribution in [3.05, 3.63) is 35.5 Å². The van der Waals surface area contributed by atoms with Crippen LogP contribution in [0.2, 0.25) is 5.02 Å². The molecule has 4 nitrogen and oxygen atoms in total. The molecule has 0 saturated heterocycles. The molecule has 0 N–H and O–H groups in total. The summed E-state index contributed by atoms with van der Waals surface area (Å²) < 4.78 is 1.96. The Morgan fingerprint density at radius 2 is 2.21 bits per heavy atom. The van der Waals surface area contributed by atoms with Crippen molar-refractivity contribution in [2.24, 2.45) is 5.10 Å². The van der Waals surface area contributed by atoms with Gasteiger partial charge in [-0.15, -0.1) is 0 Å². The van der Waals surface area contributed by atoms with Gasteiger partial charge in [-0.05, 0) is 25.1 Å². The largest absolute Gasteiger partial charge is 0.328 e. The van der Waals surface area contributed by atoms with Crippen LogP contribution in [0.3, 0.4) is 0 Å². The highest BCUT2D eigenvalue weighted by molar-refractivity contribution is 6.35. The normalized spacial score (nSPS) is 22.9. The zero-order valence-electron chi connectivity index (χ0n) is 10.8. The van der Waals surface area contributed by atoms with E-state index in [-0.39, 0.29) is 0 Å². The van der Waals surface area contributed by atoms with Gasteiger partial charge in [0.25, 0.3) is 0 Å². The summed E-state index contributed by atoms with van der Waals surface area (Å²) in [5.74, 6) is 0. The van der Waals surface area contributed by atoms with E-state index >= 15 is 0 Å². The summed E-state index contributed by atoms with van der Waals surface area (Å²) in [6.45, 7) is 2.42. The van der Waals surface area contributed by atoms with Crippen LogP contribution in [0.25, 0.3) is 10.9 Å². The van der Waals surface area contributed by atoms with E-state index in [0.717, 1.165) is 22.9 Å². The predicted octanol–water partition coefficient (Wildman–Crippen LogP) is 2.51. The van der Waals surface area contributed by atoms with Crippen molar-refractivity contribution in [1.82, 2.24) is 9.58 Å². The van der Waals surface area contributed by atoms with E-state index in [1.165, 1.54) is 0 Å². The fraction of sp³-hybridized carbons (Fsp3) is 0.286. The fourth-order valence-corrected chi connectivity index (χ4v) is 2.98. The number of likely N-dealkylation sites (N-methyl/N-ethyl adjacent to an activating group) is 1. The Hall–Kier alpha value is -1.81. The summed E-state index contributed by atoms with van der Waals surface area (Å²) in [5.41, 5.74) is 1.01. The maximum Gasteiger partial charge on any atom is 0.159 e. The topological polar surface area (TPSA) is 37.6 Å². The smallest absolute Gasteiger partial charge is 0.159 e. The highest BCUT2D eigenvalue weighted by atomic mass is 35.5. The number of benzene rings is 1. The minimum Gasteiger partial charge on any atom is -0.328 e. The Kier molecular flexibility index (Phi) is 2.64. The van der Waals surface area contributed by atoms with Gasteiger partial charge in [0.1, 0.15) is 0 Å². The monoisotopic (exact) mass is 275 g/mol. The zero-order valence-corrected chi connectivity index (χ0v) is 11.6. The second kappa shape index (κ2) is 4.10. The Bertz CT molecular complexity index is 691. The number of aromatic nitrogens is 1. The second-order valence-electron chi connectivity index (χ2n) is 4.90. The van der Waals surface area contributed by atoms with Crippen molar-refractivity contribution >= 4 is 34.5 Å². The van der Waals surface area contributed by atoms with Gasteiger partial charge >= 0.3 is 0 Å². The molecule has 2 aromatic rings. The van der Waals surface area contributed by atoms with Crippen LogP contribution < -0.4 is 0 Å². The molecule has 1 aromatic heterocycles. The molecule has 0 fully saturated rings. The van der Waals surface area contributed by atoms with E-state index in [4.69, 9.17) is 11.6 Å². The number of aldehydes is 1. The Morgan fingerprint density at radius 1 is 1.42 bits per heavy atom. The molecule has 0 amide bonds. The first-order valence-corrected chi connectivity index (χ1v) is 6.45. The van der Waals surface area contributed by atoms with E-state index in [9.17, 15) is 4.79 Å². The molecule has 98 valence electrons. The van der Waals surface area contributed by atoms with Crippen LogP contribution in [0.1, 0.15) is 6.92 Å². The molecule has 0 bridgehead atoms. The molecule has 0 spiro atoms. The molecule has 1 aliphatic rings. The lowest BCUT2D eigenvalue weighted by molar-refractivity contribution is -0.112. The van der Waals surface area contributed by atoms with E-state index in [2.05, 4.69) is 5.10 Å². The van der Waals surface area contributed by atoms with Crippen molar-refractivity contribution in [3.8, 4) is 0 Å². The Balaban J connectivity index is 2.27. The first-order valence-electron chi connectivity index (χ1n) is 6.08. The maximum absolute atomic E-state index is 11.8. The van der Waals surface area contributed by atoms with Gasteiger partial charge < -0.3 is 9.36 Å². The molecule has 0 aliphatic carbocycles. The molecule has 0 radical (unpaired) electrons. The van der Waals surface area contributed by atoms with Crippen molar-refractivity contribution in [2.75, 3.05) is 13.6 Å². The summed E-state index contributed by atoms with van der Waals surface area (Å²) in [6, 6.07) is 7.65. The van der Waals surface area contributed by atoms with Crippen molar-refractivity contribution < 1.29 is 4.79 Å².